The van der Waals surface area contributed by atoms with Crippen molar-refractivity contribution in [2.45, 2.75) is 25.8 Å². The van der Waals surface area contributed by atoms with E-state index in [9.17, 15) is 8.78 Å². The van der Waals surface area contributed by atoms with Crippen molar-refractivity contribution in [1.82, 2.24) is 15.0 Å². The SMILES string of the molecule is NCCCCc1cn(Cc2ccc(F)c(F)c2)nn1. The first-order chi connectivity index (χ1) is 9.19. The average Bonchev–Trinajstić information content (AvgIpc) is 2.82. The lowest BCUT2D eigenvalue weighted by atomic mass is 10.2. The third kappa shape index (κ3) is 3.82. The highest BCUT2D eigenvalue weighted by Gasteiger charge is 2.05. The number of rotatable bonds is 6. The minimum absolute atomic E-state index is 0.376. The van der Waals surface area contributed by atoms with Crippen molar-refractivity contribution in [3.63, 3.8) is 0 Å². The molecule has 2 N–H and O–H groups in total. The van der Waals surface area contributed by atoms with Gasteiger partial charge in [-0.25, -0.2) is 13.5 Å². The van der Waals surface area contributed by atoms with Crippen LogP contribution in [0.2, 0.25) is 0 Å². The zero-order valence-electron chi connectivity index (χ0n) is 10.5. The molecule has 19 heavy (non-hydrogen) atoms. The zero-order chi connectivity index (χ0) is 13.7. The van der Waals surface area contributed by atoms with E-state index < -0.39 is 11.6 Å². The van der Waals surface area contributed by atoms with Gasteiger partial charge in [0, 0.05) is 6.20 Å². The topological polar surface area (TPSA) is 56.7 Å². The number of nitrogens with two attached hydrogens (primary N) is 1. The molecule has 1 heterocycles. The van der Waals surface area contributed by atoms with Gasteiger partial charge in [0.05, 0.1) is 12.2 Å². The van der Waals surface area contributed by atoms with E-state index in [2.05, 4.69) is 10.3 Å². The Bertz CT molecular complexity index is 539. The van der Waals surface area contributed by atoms with Crippen LogP contribution in [0.4, 0.5) is 8.78 Å². The Morgan fingerprint density at radius 3 is 2.74 bits per heavy atom. The fourth-order valence-corrected chi connectivity index (χ4v) is 1.81. The minimum Gasteiger partial charge on any atom is -0.330 e. The Labute approximate surface area is 110 Å². The molecule has 0 unspecified atom stereocenters. The summed E-state index contributed by atoms with van der Waals surface area (Å²) in [5.74, 6) is -1.69. The summed E-state index contributed by atoms with van der Waals surface area (Å²) in [5, 5.41) is 7.99. The molecule has 0 radical (unpaired) electrons. The predicted octanol–water partition coefficient (Wildman–Crippen LogP) is 1.89. The second-order valence-electron chi connectivity index (χ2n) is 4.40. The standard InChI is InChI=1S/C13H16F2N4/c14-12-5-4-10(7-13(12)15)8-19-9-11(17-18-19)3-1-2-6-16/h4-5,7,9H,1-3,6,8,16H2. The van der Waals surface area contributed by atoms with Crippen LogP contribution in [-0.4, -0.2) is 21.5 Å². The molecule has 0 spiro atoms. The van der Waals surface area contributed by atoms with Crippen molar-refractivity contribution in [1.29, 1.82) is 0 Å². The molecule has 1 aromatic heterocycles. The quantitative estimate of drug-likeness (QED) is 0.812. The third-order valence-corrected chi connectivity index (χ3v) is 2.80. The number of aryl methyl sites for hydroxylation is 1. The summed E-state index contributed by atoms with van der Waals surface area (Å²) in [4.78, 5) is 0. The van der Waals surface area contributed by atoms with Crippen molar-refractivity contribution in [2.24, 2.45) is 5.73 Å². The van der Waals surface area contributed by atoms with E-state index in [0.29, 0.717) is 18.7 Å². The zero-order valence-corrected chi connectivity index (χ0v) is 10.5. The lowest BCUT2D eigenvalue weighted by Crippen LogP contribution is -2.01. The summed E-state index contributed by atoms with van der Waals surface area (Å²) >= 11 is 0. The van der Waals surface area contributed by atoms with E-state index in [-0.39, 0.29) is 0 Å². The maximum absolute atomic E-state index is 13.1. The van der Waals surface area contributed by atoms with Gasteiger partial charge in [-0.2, -0.15) is 0 Å². The fourth-order valence-electron chi connectivity index (χ4n) is 1.81. The maximum Gasteiger partial charge on any atom is 0.159 e. The number of hydrogen-bond acceptors (Lipinski definition) is 3. The Kier molecular flexibility index (Phi) is 4.57. The van der Waals surface area contributed by atoms with Gasteiger partial charge in [0.1, 0.15) is 0 Å². The van der Waals surface area contributed by atoms with E-state index in [0.717, 1.165) is 31.0 Å². The Balaban J connectivity index is 1.97. The number of nitrogens with zero attached hydrogens (tertiary/aromatic N) is 3. The fraction of sp³-hybridized carbons (Fsp3) is 0.385. The van der Waals surface area contributed by atoms with Crippen LogP contribution in [0, 0.1) is 11.6 Å². The van der Waals surface area contributed by atoms with Gasteiger partial charge in [0.25, 0.3) is 0 Å². The van der Waals surface area contributed by atoms with Gasteiger partial charge in [-0.15, -0.1) is 5.10 Å². The van der Waals surface area contributed by atoms with Crippen molar-refractivity contribution in [3.8, 4) is 0 Å². The van der Waals surface area contributed by atoms with Crippen LogP contribution in [0.1, 0.15) is 24.1 Å². The molecule has 0 atom stereocenters. The molecular weight excluding hydrogens is 250 g/mol. The number of benzene rings is 1. The molecule has 2 rings (SSSR count). The van der Waals surface area contributed by atoms with Gasteiger partial charge in [-0.3, -0.25) is 0 Å². The highest BCUT2D eigenvalue weighted by Crippen LogP contribution is 2.10. The van der Waals surface area contributed by atoms with Gasteiger partial charge < -0.3 is 5.73 Å². The molecule has 102 valence electrons. The predicted molar refractivity (Wildman–Crippen MR) is 67.5 cm³/mol. The van der Waals surface area contributed by atoms with Crippen LogP contribution >= 0.6 is 0 Å². The summed E-state index contributed by atoms with van der Waals surface area (Å²) in [6, 6.07) is 3.82. The summed E-state index contributed by atoms with van der Waals surface area (Å²) in [6.45, 7) is 1.05. The van der Waals surface area contributed by atoms with E-state index in [1.54, 1.807) is 4.68 Å². The van der Waals surface area contributed by atoms with Crippen LogP contribution in [-0.2, 0) is 13.0 Å². The number of hydrogen-bond donors (Lipinski definition) is 1. The van der Waals surface area contributed by atoms with Crippen LogP contribution in [0.3, 0.4) is 0 Å². The second-order valence-corrected chi connectivity index (χ2v) is 4.40. The molecule has 4 nitrogen and oxygen atoms in total. The lowest BCUT2D eigenvalue weighted by molar-refractivity contribution is 0.505. The Morgan fingerprint density at radius 2 is 2.00 bits per heavy atom. The lowest BCUT2D eigenvalue weighted by Gasteiger charge is -2.01. The first-order valence-electron chi connectivity index (χ1n) is 6.22. The van der Waals surface area contributed by atoms with E-state index in [1.165, 1.54) is 12.1 Å². The number of halogens is 2. The molecule has 0 saturated carbocycles. The van der Waals surface area contributed by atoms with Crippen molar-refractivity contribution >= 4 is 0 Å². The van der Waals surface area contributed by atoms with Gasteiger partial charge in [-0.1, -0.05) is 11.3 Å². The average molecular weight is 266 g/mol. The van der Waals surface area contributed by atoms with Gasteiger partial charge >= 0.3 is 0 Å². The van der Waals surface area contributed by atoms with E-state index in [1.807, 2.05) is 6.20 Å². The smallest absolute Gasteiger partial charge is 0.159 e. The largest absolute Gasteiger partial charge is 0.330 e. The normalized spacial score (nSPS) is 10.9. The molecule has 6 heteroatoms. The molecule has 2 aromatic rings. The van der Waals surface area contributed by atoms with Gasteiger partial charge in [0.2, 0.25) is 0 Å². The monoisotopic (exact) mass is 266 g/mol. The highest BCUT2D eigenvalue weighted by atomic mass is 19.2. The van der Waals surface area contributed by atoms with E-state index >= 15 is 0 Å². The van der Waals surface area contributed by atoms with Crippen molar-refractivity contribution in [2.75, 3.05) is 6.54 Å². The van der Waals surface area contributed by atoms with Crippen LogP contribution in [0.5, 0.6) is 0 Å². The van der Waals surface area contributed by atoms with Crippen LogP contribution in [0.15, 0.2) is 24.4 Å². The molecule has 0 aliphatic heterocycles. The first kappa shape index (κ1) is 13.6. The number of aromatic nitrogens is 3. The molecule has 0 aliphatic carbocycles. The van der Waals surface area contributed by atoms with Crippen molar-refractivity contribution in [3.05, 3.63) is 47.3 Å². The summed E-state index contributed by atoms with van der Waals surface area (Å²) < 4.78 is 27.5. The molecule has 0 saturated heterocycles. The maximum atomic E-state index is 13.1. The Morgan fingerprint density at radius 1 is 1.16 bits per heavy atom. The van der Waals surface area contributed by atoms with Gasteiger partial charge in [0.15, 0.2) is 11.6 Å². The molecule has 0 amide bonds. The molecular formula is C13H16F2N4. The van der Waals surface area contributed by atoms with E-state index in [4.69, 9.17) is 5.73 Å². The number of unbranched alkanes of at least 4 members (excludes halogenated alkanes) is 1. The van der Waals surface area contributed by atoms with Crippen molar-refractivity contribution < 1.29 is 8.78 Å². The molecule has 0 fully saturated rings. The van der Waals surface area contributed by atoms with Gasteiger partial charge in [-0.05, 0) is 43.5 Å². The summed E-state index contributed by atoms with van der Waals surface area (Å²) in [7, 11) is 0. The second kappa shape index (κ2) is 6.38. The van der Waals surface area contributed by atoms with Crippen LogP contribution < -0.4 is 5.73 Å². The third-order valence-electron chi connectivity index (χ3n) is 2.80. The Hall–Kier alpha value is -1.82. The summed E-state index contributed by atoms with van der Waals surface area (Å²) in [5.41, 5.74) is 6.95. The highest BCUT2D eigenvalue weighted by molar-refractivity contribution is 5.18. The molecule has 0 bridgehead atoms. The summed E-state index contributed by atoms with van der Waals surface area (Å²) in [6.07, 6.45) is 4.57. The molecule has 1 aromatic carbocycles. The first-order valence-corrected chi connectivity index (χ1v) is 6.22. The van der Waals surface area contributed by atoms with Crippen LogP contribution in [0.25, 0.3) is 0 Å². The minimum atomic E-state index is -0.846. The molecule has 0 aliphatic rings.